The number of carbonyl (C=O) groups excluding carboxylic acids is 1. The molecule has 1 aromatic carbocycles. The van der Waals surface area contributed by atoms with Crippen molar-refractivity contribution in [2.24, 2.45) is 5.10 Å². The second-order valence-corrected chi connectivity index (χ2v) is 4.92. The lowest BCUT2D eigenvalue weighted by Gasteiger charge is -2.02. The van der Waals surface area contributed by atoms with Crippen molar-refractivity contribution in [3.8, 4) is 5.75 Å². The Kier molecular flexibility index (Phi) is 4.79. The van der Waals surface area contributed by atoms with Gasteiger partial charge in [-0.2, -0.15) is 5.10 Å². The molecule has 0 unspecified atom stereocenters. The van der Waals surface area contributed by atoms with Crippen molar-refractivity contribution in [3.05, 3.63) is 62.4 Å². The van der Waals surface area contributed by atoms with E-state index in [1.165, 1.54) is 18.5 Å². The van der Waals surface area contributed by atoms with Crippen LogP contribution in [-0.4, -0.2) is 27.1 Å². The minimum absolute atomic E-state index is 0.0903. The number of amides is 1. The van der Waals surface area contributed by atoms with Crippen molar-refractivity contribution in [2.75, 3.05) is 0 Å². The van der Waals surface area contributed by atoms with E-state index >= 15 is 0 Å². The first kappa shape index (κ1) is 15.6. The molecule has 0 bridgehead atoms. The fraction of sp³-hybridized carbons (Fsp3) is 0. The maximum absolute atomic E-state index is 11.7. The zero-order valence-electron chi connectivity index (χ0n) is 10.9. The molecule has 1 heterocycles. The van der Waals surface area contributed by atoms with E-state index < -0.39 is 10.8 Å². The molecular formula is C13H9BrN4O4. The van der Waals surface area contributed by atoms with Gasteiger partial charge in [-0.1, -0.05) is 0 Å². The van der Waals surface area contributed by atoms with Crippen LogP contribution in [0, 0.1) is 10.1 Å². The number of hydrazone groups is 1. The summed E-state index contributed by atoms with van der Waals surface area (Å²) in [5, 5.41) is 24.2. The Morgan fingerprint density at radius 3 is 2.91 bits per heavy atom. The van der Waals surface area contributed by atoms with Gasteiger partial charge in [0, 0.05) is 30.1 Å². The van der Waals surface area contributed by atoms with Crippen LogP contribution < -0.4 is 5.43 Å². The number of non-ortho nitro benzene ring substituents is 1. The van der Waals surface area contributed by atoms with Crippen LogP contribution in [0.3, 0.4) is 0 Å². The Hall–Kier alpha value is -2.81. The van der Waals surface area contributed by atoms with Gasteiger partial charge in [0.25, 0.3) is 11.6 Å². The first-order chi connectivity index (χ1) is 10.5. The van der Waals surface area contributed by atoms with Crippen LogP contribution in [0.4, 0.5) is 5.69 Å². The van der Waals surface area contributed by atoms with Crippen molar-refractivity contribution >= 4 is 33.7 Å². The molecule has 0 fully saturated rings. The van der Waals surface area contributed by atoms with E-state index in [2.05, 4.69) is 31.4 Å². The number of nitro groups is 1. The Morgan fingerprint density at radius 2 is 2.27 bits per heavy atom. The molecule has 0 saturated heterocycles. The number of halogens is 1. The molecule has 0 aliphatic rings. The Bertz CT molecular complexity index is 749. The number of aromatic nitrogens is 1. The van der Waals surface area contributed by atoms with E-state index in [-0.39, 0.29) is 21.5 Å². The molecule has 0 aliphatic heterocycles. The molecule has 2 aromatic rings. The minimum Gasteiger partial charge on any atom is -0.506 e. The number of rotatable bonds is 4. The molecule has 1 amide bonds. The molecule has 2 rings (SSSR count). The van der Waals surface area contributed by atoms with Gasteiger partial charge in [0.15, 0.2) is 0 Å². The predicted octanol–water partition coefficient (Wildman–Crippen LogP) is 2.22. The number of phenols is 1. The summed E-state index contributed by atoms with van der Waals surface area (Å²) in [6.45, 7) is 0. The third kappa shape index (κ3) is 3.64. The molecule has 0 saturated carbocycles. The Morgan fingerprint density at radius 1 is 1.50 bits per heavy atom. The molecule has 0 aliphatic carbocycles. The van der Waals surface area contributed by atoms with E-state index in [1.54, 1.807) is 12.1 Å². The first-order valence-electron chi connectivity index (χ1n) is 5.89. The molecule has 8 nitrogen and oxygen atoms in total. The predicted molar refractivity (Wildman–Crippen MR) is 81.8 cm³/mol. The number of aromatic hydroxyl groups is 1. The summed E-state index contributed by atoms with van der Waals surface area (Å²) in [7, 11) is 0. The van der Waals surface area contributed by atoms with Gasteiger partial charge in [0.2, 0.25) is 0 Å². The van der Waals surface area contributed by atoms with Gasteiger partial charge in [-0.25, -0.2) is 5.43 Å². The lowest BCUT2D eigenvalue weighted by Crippen LogP contribution is -2.17. The fourth-order valence-electron chi connectivity index (χ4n) is 1.53. The highest BCUT2D eigenvalue weighted by molar-refractivity contribution is 9.10. The van der Waals surface area contributed by atoms with E-state index in [1.807, 2.05) is 0 Å². The topological polar surface area (TPSA) is 118 Å². The van der Waals surface area contributed by atoms with Crippen LogP contribution in [0.15, 0.2) is 46.2 Å². The number of carbonyl (C=O) groups is 1. The quantitative estimate of drug-likeness (QED) is 0.489. The van der Waals surface area contributed by atoms with Crippen LogP contribution >= 0.6 is 15.9 Å². The summed E-state index contributed by atoms with van der Waals surface area (Å²) in [6.07, 6.45) is 4.01. The average molecular weight is 365 g/mol. The molecule has 22 heavy (non-hydrogen) atoms. The highest BCUT2D eigenvalue weighted by Crippen LogP contribution is 2.31. The number of hydrogen-bond acceptors (Lipinski definition) is 6. The highest BCUT2D eigenvalue weighted by Gasteiger charge is 2.13. The zero-order chi connectivity index (χ0) is 16.1. The van der Waals surface area contributed by atoms with Crippen molar-refractivity contribution in [1.82, 2.24) is 10.4 Å². The monoisotopic (exact) mass is 364 g/mol. The van der Waals surface area contributed by atoms with Gasteiger partial charge in [-0.05, 0) is 28.1 Å². The summed E-state index contributed by atoms with van der Waals surface area (Å²) >= 11 is 3.01. The van der Waals surface area contributed by atoms with Crippen molar-refractivity contribution in [3.63, 3.8) is 0 Å². The summed E-state index contributed by atoms with van der Waals surface area (Å²) in [5.41, 5.74) is 2.42. The summed E-state index contributed by atoms with van der Waals surface area (Å²) in [6, 6.07) is 5.46. The lowest BCUT2D eigenvalue weighted by atomic mass is 10.2. The molecule has 2 N–H and O–H groups in total. The maximum Gasteiger partial charge on any atom is 0.272 e. The minimum atomic E-state index is -0.601. The highest BCUT2D eigenvalue weighted by atomic mass is 79.9. The van der Waals surface area contributed by atoms with E-state index in [9.17, 15) is 20.0 Å². The zero-order valence-corrected chi connectivity index (χ0v) is 12.5. The van der Waals surface area contributed by atoms with E-state index in [0.717, 1.165) is 12.3 Å². The summed E-state index contributed by atoms with van der Waals surface area (Å²) in [4.78, 5) is 25.7. The van der Waals surface area contributed by atoms with Crippen molar-refractivity contribution in [1.29, 1.82) is 0 Å². The van der Waals surface area contributed by atoms with E-state index in [0.29, 0.717) is 5.56 Å². The maximum atomic E-state index is 11.7. The number of nitrogens with one attached hydrogen (secondary N) is 1. The summed E-state index contributed by atoms with van der Waals surface area (Å²) < 4.78 is 0.154. The van der Waals surface area contributed by atoms with Gasteiger partial charge in [-0.15, -0.1) is 0 Å². The molecule has 0 radical (unpaired) electrons. The molecular weight excluding hydrogens is 356 g/mol. The van der Waals surface area contributed by atoms with Gasteiger partial charge >= 0.3 is 0 Å². The molecule has 0 spiro atoms. The van der Waals surface area contributed by atoms with Crippen molar-refractivity contribution < 1.29 is 14.8 Å². The number of pyridine rings is 1. The fourth-order valence-corrected chi connectivity index (χ4v) is 1.99. The third-order valence-corrected chi connectivity index (χ3v) is 3.19. The van der Waals surface area contributed by atoms with Crippen molar-refractivity contribution in [2.45, 2.75) is 0 Å². The standard InChI is InChI=1S/C13H9BrN4O4/c14-11-5-10(18(21)22)4-9(12(11)19)7-16-17-13(20)8-2-1-3-15-6-8/h1-7,19H,(H,17,20). The van der Waals surface area contributed by atoms with Gasteiger partial charge < -0.3 is 5.11 Å². The number of hydrogen-bond donors (Lipinski definition) is 2. The van der Waals surface area contributed by atoms with Gasteiger partial charge in [-0.3, -0.25) is 19.9 Å². The lowest BCUT2D eigenvalue weighted by molar-refractivity contribution is -0.385. The van der Waals surface area contributed by atoms with Crippen LogP contribution in [0.1, 0.15) is 15.9 Å². The normalized spacial score (nSPS) is 10.6. The van der Waals surface area contributed by atoms with Crippen LogP contribution in [0.25, 0.3) is 0 Å². The first-order valence-corrected chi connectivity index (χ1v) is 6.68. The molecule has 9 heteroatoms. The smallest absolute Gasteiger partial charge is 0.272 e. The summed E-state index contributed by atoms with van der Waals surface area (Å²) in [5.74, 6) is -0.710. The van der Waals surface area contributed by atoms with Gasteiger partial charge in [0.05, 0.1) is 21.2 Å². The Balaban J connectivity index is 2.17. The number of benzene rings is 1. The molecule has 1 aromatic heterocycles. The number of nitro benzene ring substituents is 1. The van der Waals surface area contributed by atoms with Crippen LogP contribution in [0.2, 0.25) is 0 Å². The van der Waals surface area contributed by atoms with E-state index in [4.69, 9.17) is 0 Å². The average Bonchev–Trinajstić information content (AvgIpc) is 2.51. The Labute approximate surface area is 132 Å². The van der Waals surface area contributed by atoms with Gasteiger partial charge in [0.1, 0.15) is 5.75 Å². The number of nitrogens with zero attached hydrogens (tertiary/aromatic N) is 3. The molecule has 112 valence electrons. The third-order valence-electron chi connectivity index (χ3n) is 2.58. The second kappa shape index (κ2) is 6.76. The second-order valence-electron chi connectivity index (χ2n) is 4.06. The SMILES string of the molecule is O=C(NN=Cc1cc([N+](=O)[O-])cc(Br)c1O)c1cccnc1. The number of phenolic OH excluding ortho intramolecular Hbond substituents is 1. The van der Waals surface area contributed by atoms with Crippen LogP contribution in [-0.2, 0) is 0 Å². The largest absolute Gasteiger partial charge is 0.506 e. The van der Waals surface area contributed by atoms with Crippen LogP contribution in [0.5, 0.6) is 5.75 Å². The molecule has 0 atom stereocenters.